The Bertz CT molecular complexity index is 550. The molecule has 1 aliphatic carbocycles. The van der Waals surface area contributed by atoms with Crippen molar-refractivity contribution in [1.29, 1.82) is 0 Å². The zero-order valence-corrected chi connectivity index (χ0v) is 12.0. The summed E-state index contributed by atoms with van der Waals surface area (Å²) in [6.45, 7) is 0. The van der Waals surface area contributed by atoms with Crippen LogP contribution in [0.1, 0.15) is 23.1 Å². The van der Waals surface area contributed by atoms with Crippen molar-refractivity contribution >= 4 is 0 Å². The van der Waals surface area contributed by atoms with Gasteiger partial charge in [-0.25, -0.2) is 0 Å². The second kappa shape index (κ2) is 6.19. The zero-order chi connectivity index (χ0) is 13.8. The Morgan fingerprint density at radius 3 is 2.65 bits per heavy atom. The van der Waals surface area contributed by atoms with E-state index in [0.29, 0.717) is 6.04 Å². The fraction of sp³-hybridized carbons (Fsp3) is 0.389. The number of rotatable bonds is 4. The number of aryl methyl sites for hydroxylation is 1. The second-order valence-electron chi connectivity index (χ2n) is 5.73. The summed E-state index contributed by atoms with van der Waals surface area (Å²) in [7, 11) is 2.09. The summed E-state index contributed by atoms with van der Waals surface area (Å²) in [6, 6.07) is 13.7. The number of hydrogen-bond donors (Lipinski definition) is 1. The van der Waals surface area contributed by atoms with Crippen LogP contribution in [0.5, 0.6) is 0 Å². The van der Waals surface area contributed by atoms with Crippen LogP contribution < -0.4 is 5.32 Å². The van der Waals surface area contributed by atoms with Crippen molar-refractivity contribution in [2.75, 3.05) is 7.05 Å². The summed E-state index contributed by atoms with van der Waals surface area (Å²) in [5.74, 6) is 0.725. The summed E-state index contributed by atoms with van der Waals surface area (Å²) in [5, 5.41) is 3.53. The van der Waals surface area contributed by atoms with E-state index in [4.69, 9.17) is 0 Å². The maximum Gasteiger partial charge on any atom is 0.0270 e. The molecule has 0 fully saturated rings. The molecule has 0 saturated carbocycles. The van der Waals surface area contributed by atoms with Crippen LogP contribution in [0.3, 0.4) is 0 Å². The van der Waals surface area contributed by atoms with Crippen LogP contribution >= 0.6 is 0 Å². The van der Waals surface area contributed by atoms with Crippen molar-refractivity contribution < 1.29 is 0 Å². The summed E-state index contributed by atoms with van der Waals surface area (Å²) in [4.78, 5) is 4.10. The highest BCUT2D eigenvalue weighted by molar-refractivity contribution is 5.30. The molecular formula is C18H22N2. The number of nitrogens with one attached hydrogen (secondary N) is 1. The number of hydrogen-bond acceptors (Lipinski definition) is 2. The van der Waals surface area contributed by atoms with E-state index >= 15 is 0 Å². The molecule has 0 radical (unpaired) electrons. The van der Waals surface area contributed by atoms with Crippen LogP contribution in [0.2, 0.25) is 0 Å². The standard InChI is InChI=1S/C18H22N2/c1-19-18(12-14-8-10-20-11-9-14)17-7-6-15-4-2-3-5-16(15)13-17/h2-5,8-11,17-19H,6-7,12-13H2,1H3. The summed E-state index contributed by atoms with van der Waals surface area (Å²) >= 11 is 0. The Kier molecular flexibility index (Phi) is 4.12. The molecule has 1 aromatic carbocycles. The van der Waals surface area contributed by atoms with Gasteiger partial charge in [0, 0.05) is 18.4 Å². The fourth-order valence-electron chi connectivity index (χ4n) is 3.35. The van der Waals surface area contributed by atoms with Crippen molar-refractivity contribution in [2.24, 2.45) is 5.92 Å². The van der Waals surface area contributed by atoms with Gasteiger partial charge in [-0.05, 0) is 67.5 Å². The highest BCUT2D eigenvalue weighted by Crippen LogP contribution is 2.28. The molecule has 3 rings (SSSR count). The maximum atomic E-state index is 4.10. The lowest BCUT2D eigenvalue weighted by molar-refractivity contribution is 0.333. The van der Waals surface area contributed by atoms with E-state index in [9.17, 15) is 0 Å². The third-order valence-corrected chi connectivity index (χ3v) is 4.53. The number of nitrogens with zero attached hydrogens (tertiary/aromatic N) is 1. The van der Waals surface area contributed by atoms with Crippen LogP contribution in [0.15, 0.2) is 48.8 Å². The Hall–Kier alpha value is -1.67. The van der Waals surface area contributed by atoms with Crippen molar-refractivity contribution in [1.82, 2.24) is 10.3 Å². The van der Waals surface area contributed by atoms with Crippen LogP contribution in [-0.4, -0.2) is 18.1 Å². The predicted octanol–water partition coefficient (Wildman–Crippen LogP) is 3.02. The van der Waals surface area contributed by atoms with Gasteiger partial charge in [0.25, 0.3) is 0 Å². The van der Waals surface area contributed by atoms with Crippen LogP contribution in [-0.2, 0) is 19.3 Å². The SMILES string of the molecule is CNC(Cc1ccncc1)C1CCc2ccccc2C1. The lowest BCUT2D eigenvalue weighted by atomic mass is 9.78. The van der Waals surface area contributed by atoms with E-state index in [1.54, 1.807) is 11.1 Å². The Morgan fingerprint density at radius 1 is 1.15 bits per heavy atom. The van der Waals surface area contributed by atoms with Gasteiger partial charge in [0.1, 0.15) is 0 Å². The monoisotopic (exact) mass is 266 g/mol. The first-order valence-corrected chi connectivity index (χ1v) is 7.50. The third kappa shape index (κ3) is 2.91. The number of pyridine rings is 1. The summed E-state index contributed by atoms with van der Waals surface area (Å²) in [5.41, 5.74) is 4.46. The Labute approximate surface area is 121 Å². The first-order chi connectivity index (χ1) is 9.86. The maximum absolute atomic E-state index is 4.10. The Balaban J connectivity index is 1.72. The quantitative estimate of drug-likeness (QED) is 0.920. The van der Waals surface area contributed by atoms with Gasteiger partial charge in [-0.3, -0.25) is 4.98 Å². The molecule has 1 heterocycles. The van der Waals surface area contributed by atoms with Gasteiger partial charge >= 0.3 is 0 Å². The number of aromatic nitrogens is 1. The summed E-state index contributed by atoms with van der Waals surface area (Å²) < 4.78 is 0. The molecule has 1 N–H and O–H groups in total. The van der Waals surface area contributed by atoms with Crippen LogP contribution in [0.4, 0.5) is 0 Å². The lowest BCUT2D eigenvalue weighted by Gasteiger charge is -2.31. The normalized spacial score (nSPS) is 19.4. The Morgan fingerprint density at radius 2 is 1.90 bits per heavy atom. The molecule has 20 heavy (non-hydrogen) atoms. The molecule has 0 saturated heterocycles. The van der Waals surface area contributed by atoms with Gasteiger partial charge < -0.3 is 5.32 Å². The molecule has 1 aromatic heterocycles. The molecule has 2 heteroatoms. The van der Waals surface area contributed by atoms with Crippen molar-refractivity contribution in [3.05, 3.63) is 65.5 Å². The van der Waals surface area contributed by atoms with Gasteiger partial charge in [-0.15, -0.1) is 0 Å². The highest BCUT2D eigenvalue weighted by Gasteiger charge is 2.25. The van der Waals surface area contributed by atoms with E-state index < -0.39 is 0 Å². The number of likely N-dealkylation sites (N-methyl/N-ethyl adjacent to an activating group) is 1. The van der Waals surface area contributed by atoms with E-state index in [-0.39, 0.29) is 0 Å². The van der Waals surface area contributed by atoms with Crippen LogP contribution in [0, 0.1) is 5.92 Å². The van der Waals surface area contributed by atoms with E-state index in [0.717, 1.165) is 12.3 Å². The van der Waals surface area contributed by atoms with Gasteiger partial charge in [-0.2, -0.15) is 0 Å². The third-order valence-electron chi connectivity index (χ3n) is 4.53. The molecular weight excluding hydrogens is 244 g/mol. The first-order valence-electron chi connectivity index (χ1n) is 7.50. The van der Waals surface area contributed by atoms with Gasteiger partial charge in [0.05, 0.1) is 0 Å². The minimum atomic E-state index is 0.547. The molecule has 2 atom stereocenters. The topological polar surface area (TPSA) is 24.9 Å². The minimum absolute atomic E-state index is 0.547. The molecule has 2 nitrogen and oxygen atoms in total. The van der Waals surface area contributed by atoms with Gasteiger partial charge in [0.15, 0.2) is 0 Å². The zero-order valence-electron chi connectivity index (χ0n) is 12.0. The highest BCUT2D eigenvalue weighted by atomic mass is 14.9. The molecule has 0 bridgehead atoms. The molecule has 0 aliphatic heterocycles. The molecule has 104 valence electrons. The minimum Gasteiger partial charge on any atom is -0.316 e. The number of benzene rings is 1. The van der Waals surface area contributed by atoms with Gasteiger partial charge in [-0.1, -0.05) is 24.3 Å². The van der Waals surface area contributed by atoms with Crippen molar-refractivity contribution in [2.45, 2.75) is 31.7 Å². The predicted molar refractivity (Wildman–Crippen MR) is 82.7 cm³/mol. The van der Waals surface area contributed by atoms with E-state index in [1.165, 1.54) is 24.8 Å². The average Bonchev–Trinajstić information content (AvgIpc) is 2.53. The second-order valence-corrected chi connectivity index (χ2v) is 5.73. The largest absolute Gasteiger partial charge is 0.316 e. The molecule has 0 spiro atoms. The van der Waals surface area contributed by atoms with E-state index in [2.05, 4.69) is 53.7 Å². The average molecular weight is 266 g/mol. The summed E-state index contributed by atoms with van der Waals surface area (Å²) in [6.07, 6.45) is 8.57. The lowest BCUT2D eigenvalue weighted by Crippen LogP contribution is -2.38. The van der Waals surface area contributed by atoms with Crippen LogP contribution in [0.25, 0.3) is 0 Å². The smallest absolute Gasteiger partial charge is 0.0270 e. The first kappa shape index (κ1) is 13.3. The molecule has 2 aromatic rings. The van der Waals surface area contributed by atoms with Crippen molar-refractivity contribution in [3.8, 4) is 0 Å². The van der Waals surface area contributed by atoms with Crippen molar-refractivity contribution in [3.63, 3.8) is 0 Å². The number of fused-ring (bicyclic) bond motifs is 1. The van der Waals surface area contributed by atoms with E-state index in [1.807, 2.05) is 12.4 Å². The molecule has 0 amide bonds. The fourth-order valence-corrected chi connectivity index (χ4v) is 3.35. The molecule has 1 aliphatic rings. The molecule has 2 unspecified atom stereocenters. The van der Waals surface area contributed by atoms with Gasteiger partial charge in [0.2, 0.25) is 0 Å².